The Balaban J connectivity index is 3.51. The van der Waals surface area contributed by atoms with E-state index in [0.29, 0.717) is 13.0 Å². The molecule has 0 aliphatic rings. The second kappa shape index (κ2) is 11.0. The third kappa shape index (κ3) is 9.13. The predicted molar refractivity (Wildman–Crippen MR) is 72.2 cm³/mol. The molecule has 0 rings (SSSR count). The molecular formula is C14H22O6. The number of hydrogen-bond acceptors (Lipinski definition) is 4. The molecule has 0 aromatic rings. The number of allylic oxidation sites excluding steroid dienone is 1. The Bertz CT molecular complexity index is 334. The van der Waals surface area contributed by atoms with E-state index in [-0.39, 0.29) is 12.4 Å². The van der Waals surface area contributed by atoms with Crippen LogP contribution in [0.15, 0.2) is 12.2 Å². The first-order valence-electron chi connectivity index (χ1n) is 6.74. The van der Waals surface area contributed by atoms with Crippen LogP contribution in [0.4, 0.5) is 0 Å². The Hall–Kier alpha value is -1.85. The monoisotopic (exact) mass is 286 g/mol. The Morgan fingerprint density at radius 1 is 1.00 bits per heavy atom. The molecule has 0 unspecified atom stereocenters. The first-order chi connectivity index (χ1) is 9.49. The van der Waals surface area contributed by atoms with Gasteiger partial charge in [-0.2, -0.15) is 0 Å². The van der Waals surface area contributed by atoms with Gasteiger partial charge in [-0.15, -0.1) is 0 Å². The zero-order valence-electron chi connectivity index (χ0n) is 11.7. The highest BCUT2D eigenvalue weighted by Crippen LogP contribution is 2.12. The van der Waals surface area contributed by atoms with Crippen molar-refractivity contribution in [2.24, 2.45) is 5.92 Å². The van der Waals surface area contributed by atoms with Gasteiger partial charge in [0.25, 0.3) is 0 Å². The molecule has 0 aliphatic heterocycles. The molecule has 20 heavy (non-hydrogen) atoms. The molecule has 0 saturated heterocycles. The maximum absolute atomic E-state index is 11.0. The molecule has 0 radical (unpaired) electrons. The van der Waals surface area contributed by atoms with Crippen LogP contribution in [-0.4, -0.2) is 34.7 Å². The van der Waals surface area contributed by atoms with Crippen molar-refractivity contribution in [2.45, 2.75) is 45.4 Å². The molecule has 114 valence electrons. The van der Waals surface area contributed by atoms with Crippen molar-refractivity contribution < 1.29 is 29.3 Å². The van der Waals surface area contributed by atoms with E-state index in [1.165, 1.54) is 6.08 Å². The topological polar surface area (TPSA) is 101 Å². The summed E-state index contributed by atoms with van der Waals surface area (Å²) in [7, 11) is 0. The summed E-state index contributed by atoms with van der Waals surface area (Å²) in [5, 5.41) is 17.4. The van der Waals surface area contributed by atoms with Crippen LogP contribution in [0.3, 0.4) is 0 Å². The van der Waals surface area contributed by atoms with Gasteiger partial charge >= 0.3 is 17.9 Å². The smallest absolute Gasteiger partial charge is 0.330 e. The Kier molecular flexibility index (Phi) is 10.00. The second-order valence-electron chi connectivity index (χ2n) is 4.45. The van der Waals surface area contributed by atoms with Crippen LogP contribution in [0.25, 0.3) is 0 Å². The van der Waals surface area contributed by atoms with E-state index in [9.17, 15) is 14.4 Å². The Labute approximate surface area is 118 Å². The molecule has 0 atom stereocenters. The molecule has 0 heterocycles. The Morgan fingerprint density at radius 3 is 2.10 bits per heavy atom. The van der Waals surface area contributed by atoms with Gasteiger partial charge in [-0.3, -0.25) is 9.59 Å². The fraction of sp³-hybridized carbons (Fsp3) is 0.643. The number of ether oxygens (including phenoxy) is 1. The van der Waals surface area contributed by atoms with Crippen molar-refractivity contribution in [2.75, 3.05) is 6.61 Å². The summed E-state index contributed by atoms with van der Waals surface area (Å²) in [4.78, 5) is 32.2. The zero-order chi connectivity index (χ0) is 15.4. The van der Waals surface area contributed by atoms with Crippen LogP contribution >= 0.6 is 0 Å². The van der Waals surface area contributed by atoms with Crippen LogP contribution in [0.1, 0.15) is 45.4 Å². The lowest BCUT2D eigenvalue weighted by Gasteiger charge is -2.06. The van der Waals surface area contributed by atoms with Gasteiger partial charge in [-0.1, -0.05) is 31.8 Å². The number of carboxylic acids is 2. The van der Waals surface area contributed by atoms with Crippen LogP contribution in [0.5, 0.6) is 0 Å². The summed E-state index contributed by atoms with van der Waals surface area (Å²) in [6.45, 7) is 2.11. The van der Waals surface area contributed by atoms with Gasteiger partial charge in [0, 0.05) is 6.08 Å². The molecule has 0 fully saturated rings. The molecule has 0 aromatic carbocycles. The lowest BCUT2D eigenvalue weighted by molar-refractivity contribution is -0.154. The van der Waals surface area contributed by atoms with Crippen molar-refractivity contribution in [3.8, 4) is 0 Å². The molecule has 0 aromatic heterocycles. The van der Waals surface area contributed by atoms with Gasteiger partial charge in [-0.25, -0.2) is 4.79 Å². The first kappa shape index (κ1) is 18.1. The molecule has 0 amide bonds. The normalized spacial score (nSPS) is 10.9. The average Bonchev–Trinajstić information content (AvgIpc) is 2.36. The minimum absolute atomic E-state index is 0.154. The first-order valence-corrected chi connectivity index (χ1v) is 6.74. The van der Waals surface area contributed by atoms with Crippen LogP contribution < -0.4 is 0 Å². The highest BCUT2D eigenvalue weighted by atomic mass is 16.5. The number of carbonyl (C=O) groups excluding carboxylic acids is 1. The minimum Gasteiger partial charge on any atom is -0.481 e. The highest BCUT2D eigenvalue weighted by Gasteiger charge is 2.24. The largest absolute Gasteiger partial charge is 0.481 e. The van der Waals surface area contributed by atoms with Crippen molar-refractivity contribution in [3.63, 3.8) is 0 Å². The molecule has 6 heteroatoms. The molecular weight excluding hydrogens is 264 g/mol. The zero-order valence-corrected chi connectivity index (χ0v) is 11.7. The SMILES string of the molecule is CC=CC(=O)OCCCCCCCC(C(=O)O)C(=O)O. The van der Waals surface area contributed by atoms with Gasteiger partial charge in [0.15, 0.2) is 5.92 Å². The number of carboxylic acid groups (broad SMARTS) is 2. The van der Waals surface area contributed by atoms with Gasteiger partial charge in [0.1, 0.15) is 0 Å². The number of rotatable bonds is 11. The summed E-state index contributed by atoms with van der Waals surface area (Å²) in [6.07, 6.45) is 6.97. The molecule has 0 bridgehead atoms. The van der Waals surface area contributed by atoms with Crippen molar-refractivity contribution >= 4 is 17.9 Å². The van der Waals surface area contributed by atoms with E-state index in [2.05, 4.69) is 0 Å². The average molecular weight is 286 g/mol. The number of esters is 1. The van der Waals surface area contributed by atoms with E-state index >= 15 is 0 Å². The maximum Gasteiger partial charge on any atom is 0.330 e. The standard InChI is InChI=1S/C14H22O6/c1-2-8-12(15)20-10-7-5-3-4-6-9-11(13(16)17)14(18)19/h2,8,11H,3-7,9-10H2,1H3,(H,16,17)(H,18,19). The number of carbonyl (C=O) groups is 3. The third-order valence-electron chi connectivity index (χ3n) is 2.78. The van der Waals surface area contributed by atoms with Crippen LogP contribution in [0, 0.1) is 5.92 Å². The molecule has 2 N–H and O–H groups in total. The van der Waals surface area contributed by atoms with Crippen molar-refractivity contribution in [3.05, 3.63) is 12.2 Å². The lowest BCUT2D eigenvalue weighted by Crippen LogP contribution is -2.23. The maximum atomic E-state index is 11.0. The van der Waals surface area contributed by atoms with Crippen molar-refractivity contribution in [1.29, 1.82) is 0 Å². The van der Waals surface area contributed by atoms with Crippen LogP contribution in [-0.2, 0) is 19.1 Å². The Morgan fingerprint density at radius 2 is 1.55 bits per heavy atom. The molecule has 0 aliphatic carbocycles. The predicted octanol–water partition coefficient (Wildman–Crippen LogP) is 2.23. The van der Waals surface area contributed by atoms with E-state index < -0.39 is 17.9 Å². The quantitative estimate of drug-likeness (QED) is 0.261. The third-order valence-corrected chi connectivity index (χ3v) is 2.78. The number of aliphatic carboxylic acids is 2. The molecule has 6 nitrogen and oxygen atoms in total. The van der Waals surface area contributed by atoms with E-state index in [1.807, 2.05) is 0 Å². The summed E-state index contributed by atoms with van der Waals surface area (Å²) in [5.41, 5.74) is 0. The lowest BCUT2D eigenvalue weighted by atomic mass is 10.0. The fourth-order valence-corrected chi connectivity index (χ4v) is 1.69. The van der Waals surface area contributed by atoms with Gasteiger partial charge in [0.05, 0.1) is 6.61 Å². The molecule has 0 spiro atoms. The minimum atomic E-state index is -1.31. The summed E-state index contributed by atoms with van der Waals surface area (Å²) in [5.74, 6) is -4.23. The van der Waals surface area contributed by atoms with Gasteiger partial charge in [0.2, 0.25) is 0 Å². The second-order valence-corrected chi connectivity index (χ2v) is 4.45. The van der Waals surface area contributed by atoms with E-state index in [1.54, 1.807) is 13.0 Å². The van der Waals surface area contributed by atoms with Gasteiger partial charge < -0.3 is 14.9 Å². The number of hydrogen-bond donors (Lipinski definition) is 2. The summed E-state index contributed by atoms with van der Waals surface area (Å²) < 4.78 is 4.91. The van der Waals surface area contributed by atoms with E-state index in [0.717, 1.165) is 25.7 Å². The van der Waals surface area contributed by atoms with E-state index in [4.69, 9.17) is 14.9 Å². The highest BCUT2D eigenvalue weighted by molar-refractivity contribution is 5.92. The summed E-state index contributed by atoms with van der Waals surface area (Å²) >= 11 is 0. The van der Waals surface area contributed by atoms with Crippen LogP contribution in [0.2, 0.25) is 0 Å². The summed E-state index contributed by atoms with van der Waals surface area (Å²) in [6, 6.07) is 0. The van der Waals surface area contributed by atoms with Crippen molar-refractivity contribution in [1.82, 2.24) is 0 Å². The van der Waals surface area contributed by atoms with Gasteiger partial charge in [-0.05, 0) is 19.8 Å². The fourth-order valence-electron chi connectivity index (χ4n) is 1.69. The number of unbranched alkanes of at least 4 members (excludes halogenated alkanes) is 4. The molecule has 0 saturated carbocycles.